The molecular formula is C16H18N2O. The van der Waals surface area contributed by atoms with E-state index in [2.05, 4.69) is 19.2 Å². The van der Waals surface area contributed by atoms with Crippen molar-refractivity contribution in [3.8, 4) is 6.07 Å². The third kappa shape index (κ3) is 3.03. The molecule has 3 heteroatoms. The lowest BCUT2D eigenvalue weighted by Gasteiger charge is -2.30. The van der Waals surface area contributed by atoms with Crippen LogP contribution in [0, 0.1) is 23.7 Å². The van der Waals surface area contributed by atoms with Crippen molar-refractivity contribution in [3.05, 3.63) is 41.1 Å². The molecule has 1 N–H and O–H groups in total. The van der Waals surface area contributed by atoms with Crippen LogP contribution in [0.15, 0.2) is 35.5 Å². The van der Waals surface area contributed by atoms with Crippen molar-refractivity contribution < 1.29 is 4.79 Å². The van der Waals surface area contributed by atoms with Gasteiger partial charge in [0, 0.05) is 17.8 Å². The first-order valence-electron chi connectivity index (χ1n) is 6.41. The van der Waals surface area contributed by atoms with E-state index in [0.29, 0.717) is 6.42 Å². The Morgan fingerprint density at radius 3 is 2.42 bits per heavy atom. The molecule has 3 nitrogen and oxygen atoms in total. The van der Waals surface area contributed by atoms with E-state index in [0.717, 1.165) is 17.8 Å². The van der Waals surface area contributed by atoms with Crippen molar-refractivity contribution in [2.24, 2.45) is 5.41 Å². The number of aryl methyl sites for hydroxylation is 1. The van der Waals surface area contributed by atoms with Gasteiger partial charge in [-0.25, -0.2) is 0 Å². The molecule has 1 aliphatic carbocycles. The second kappa shape index (κ2) is 4.89. The largest absolute Gasteiger partial charge is 0.358 e. The van der Waals surface area contributed by atoms with E-state index in [-0.39, 0.29) is 16.8 Å². The zero-order valence-electron chi connectivity index (χ0n) is 11.6. The zero-order valence-corrected chi connectivity index (χ0v) is 11.6. The zero-order chi connectivity index (χ0) is 14.0. The van der Waals surface area contributed by atoms with Crippen molar-refractivity contribution in [3.63, 3.8) is 0 Å². The fraction of sp³-hybridized carbons (Fsp3) is 0.375. The van der Waals surface area contributed by atoms with Crippen LogP contribution in [0.1, 0.15) is 32.3 Å². The molecule has 0 heterocycles. The third-order valence-corrected chi connectivity index (χ3v) is 3.33. The maximum absolute atomic E-state index is 12.0. The molecule has 98 valence electrons. The molecule has 19 heavy (non-hydrogen) atoms. The smallest absolute Gasteiger partial charge is 0.175 e. The lowest BCUT2D eigenvalue weighted by Crippen LogP contribution is -2.27. The van der Waals surface area contributed by atoms with Crippen molar-refractivity contribution in [1.29, 1.82) is 5.26 Å². The summed E-state index contributed by atoms with van der Waals surface area (Å²) in [6.07, 6.45) is 1.16. The summed E-state index contributed by atoms with van der Waals surface area (Å²) in [5.74, 6) is -0.0617. The number of nitrogens with zero attached hydrogens (tertiary/aromatic N) is 1. The molecule has 0 aliphatic heterocycles. The number of nitrogens with one attached hydrogen (secondary N) is 1. The Labute approximate surface area is 113 Å². The van der Waals surface area contributed by atoms with E-state index in [1.807, 2.05) is 37.3 Å². The molecule has 0 atom stereocenters. The summed E-state index contributed by atoms with van der Waals surface area (Å²) in [6.45, 7) is 6.13. The topological polar surface area (TPSA) is 52.9 Å². The van der Waals surface area contributed by atoms with Crippen molar-refractivity contribution in [2.75, 3.05) is 5.32 Å². The van der Waals surface area contributed by atoms with Gasteiger partial charge < -0.3 is 5.32 Å². The highest BCUT2D eigenvalue weighted by Crippen LogP contribution is 2.36. The number of carbonyl (C=O) groups excluding carboxylic acids is 1. The van der Waals surface area contributed by atoms with Gasteiger partial charge in [-0.1, -0.05) is 31.5 Å². The standard InChI is InChI=1S/C16H18N2O/c1-11-4-6-12(7-5-11)18-14-8-16(2,3)9-15(19)13(14)10-17/h4-7,18H,8-9H2,1-3H3. The third-order valence-electron chi connectivity index (χ3n) is 3.33. The summed E-state index contributed by atoms with van der Waals surface area (Å²) in [7, 11) is 0. The van der Waals surface area contributed by atoms with Gasteiger partial charge in [-0.05, 0) is 30.9 Å². The Morgan fingerprint density at radius 1 is 1.21 bits per heavy atom. The molecule has 0 unspecified atom stereocenters. The minimum absolute atomic E-state index is 0.0617. The first kappa shape index (κ1) is 13.4. The van der Waals surface area contributed by atoms with Gasteiger partial charge in [0.1, 0.15) is 11.6 Å². The van der Waals surface area contributed by atoms with Crippen molar-refractivity contribution >= 4 is 11.5 Å². The first-order chi connectivity index (χ1) is 8.91. The summed E-state index contributed by atoms with van der Waals surface area (Å²) in [5.41, 5.74) is 3.02. The number of hydrogen-bond acceptors (Lipinski definition) is 3. The minimum Gasteiger partial charge on any atom is -0.358 e. The Balaban J connectivity index is 2.32. The second-order valence-electron chi connectivity index (χ2n) is 5.90. The number of allylic oxidation sites excluding steroid dienone is 2. The number of rotatable bonds is 2. The van der Waals surface area contributed by atoms with Gasteiger partial charge in [-0.3, -0.25) is 4.79 Å². The van der Waals surface area contributed by atoms with E-state index >= 15 is 0 Å². The van der Waals surface area contributed by atoms with Gasteiger partial charge in [0.05, 0.1) is 0 Å². The van der Waals surface area contributed by atoms with Crippen LogP contribution in [0.4, 0.5) is 5.69 Å². The van der Waals surface area contributed by atoms with E-state index in [1.54, 1.807) is 0 Å². The molecule has 1 aliphatic rings. The maximum atomic E-state index is 12.0. The monoisotopic (exact) mass is 254 g/mol. The van der Waals surface area contributed by atoms with Crippen LogP contribution in [0.2, 0.25) is 0 Å². The highest BCUT2D eigenvalue weighted by atomic mass is 16.1. The molecule has 0 saturated carbocycles. The van der Waals surface area contributed by atoms with Crippen LogP contribution in [0.25, 0.3) is 0 Å². The lowest BCUT2D eigenvalue weighted by atomic mass is 9.76. The first-order valence-corrected chi connectivity index (χ1v) is 6.41. The van der Waals surface area contributed by atoms with Crippen LogP contribution >= 0.6 is 0 Å². The van der Waals surface area contributed by atoms with E-state index < -0.39 is 0 Å². The fourth-order valence-corrected chi connectivity index (χ4v) is 2.37. The molecule has 1 aromatic carbocycles. The van der Waals surface area contributed by atoms with Gasteiger partial charge in [-0.15, -0.1) is 0 Å². The summed E-state index contributed by atoms with van der Waals surface area (Å²) in [6, 6.07) is 9.97. The normalized spacial score (nSPS) is 18.1. The second-order valence-corrected chi connectivity index (χ2v) is 5.90. The molecule has 0 aromatic heterocycles. The predicted molar refractivity (Wildman–Crippen MR) is 75.5 cm³/mol. The minimum atomic E-state index is -0.0928. The molecule has 0 amide bonds. The number of Topliss-reactive ketones (excluding diaryl/α,β-unsaturated/α-hetero) is 1. The van der Waals surface area contributed by atoms with Gasteiger partial charge >= 0.3 is 0 Å². The Kier molecular flexibility index (Phi) is 3.44. The molecule has 0 bridgehead atoms. The predicted octanol–water partition coefficient (Wildman–Crippen LogP) is 3.57. The fourth-order valence-electron chi connectivity index (χ4n) is 2.37. The lowest BCUT2D eigenvalue weighted by molar-refractivity contribution is -0.117. The van der Waals surface area contributed by atoms with Crippen LogP contribution in [-0.4, -0.2) is 5.78 Å². The summed E-state index contributed by atoms with van der Waals surface area (Å²) < 4.78 is 0. The van der Waals surface area contributed by atoms with Crippen LogP contribution in [0.3, 0.4) is 0 Å². The average molecular weight is 254 g/mol. The highest BCUT2D eigenvalue weighted by Gasteiger charge is 2.33. The molecule has 0 radical (unpaired) electrons. The molecule has 1 aromatic rings. The molecule has 2 rings (SSSR count). The van der Waals surface area contributed by atoms with Gasteiger partial charge in [0.15, 0.2) is 5.78 Å². The van der Waals surface area contributed by atoms with Crippen molar-refractivity contribution in [1.82, 2.24) is 0 Å². The number of benzene rings is 1. The average Bonchev–Trinajstić information content (AvgIpc) is 2.30. The molecule has 0 spiro atoms. The Morgan fingerprint density at radius 2 is 1.84 bits per heavy atom. The summed E-state index contributed by atoms with van der Waals surface area (Å²) in [5, 5.41) is 12.4. The van der Waals surface area contributed by atoms with E-state index in [9.17, 15) is 4.79 Å². The maximum Gasteiger partial charge on any atom is 0.175 e. The van der Waals surface area contributed by atoms with E-state index in [4.69, 9.17) is 5.26 Å². The molecule has 0 saturated heterocycles. The van der Waals surface area contributed by atoms with Gasteiger partial charge in [0.2, 0.25) is 0 Å². The number of carbonyl (C=O) groups is 1. The Bertz CT molecular complexity index is 574. The number of nitriles is 1. The number of hydrogen-bond donors (Lipinski definition) is 1. The summed E-state index contributed by atoms with van der Waals surface area (Å²) in [4.78, 5) is 12.0. The van der Waals surface area contributed by atoms with Crippen LogP contribution in [-0.2, 0) is 4.79 Å². The summed E-state index contributed by atoms with van der Waals surface area (Å²) >= 11 is 0. The van der Waals surface area contributed by atoms with Crippen molar-refractivity contribution in [2.45, 2.75) is 33.6 Å². The van der Waals surface area contributed by atoms with Crippen LogP contribution < -0.4 is 5.32 Å². The number of ketones is 1. The Hall–Kier alpha value is -2.08. The quantitative estimate of drug-likeness (QED) is 0.877. The highest BCUT2D eigenvalue weighted by molar-refractivity contribution is 6.01. The van der Waals surface area contributed by atoms with Gasteiger partial charge in [0.25, 0.3) is 0 Å². The molecule has 0 fully saturated rings. The number of anilines is 1. The molecular weight excluding hydrogens is 236 g/mol. The van der Waals surface area contributed by atoms with Gasteiger partial charge in [-0.2, -0.15) is 5.26 Å². The SMILES string of the molecule is Cc1ccc(NC2=C(C#N)C(=O)CC(C)(C)C2)cc1. The van der Waals surface area contributed by atoms with E-state index in [1.165, 1.54) is 5.56 Å². The van der Waals surface area contributed by atoms with Crippen LogP contribution in [0.5, 0.6) is 0 Å².